The maximum Gasteiger partial charge on any atom is 0.707 e. The Balaban J connectivity index is 2.37. The lowest BCUT2D eigenvalue weighted by atomic mass is 10.0. The van der Waals surface area contributed by atoms with E-state index in [0.717, 1.165) is 16.7 Å². The Labute approximate surface area is 111 Å². The molecule has 0 amide bonds. The van der Waals surface area contributed by atoms with Crippen molar-refractivity contribution in [2.45, 2.75) is 6.92 Å². The van der Waals surface area contributed by atoms with Crippen molar-refractivity contribution in [3.8, 4) is 16.9 Å². The first kappa shape index (κ1) is 13.0. The second kappa shape index (κ2) is 5.44. The molecule has 0 unspecified atom stereocenters. The molecule has 18 heavy (non-hydrogen) atoms. The molecule has 2 aromatic rings. The van der Waals surface area contributed by atoms with Crippen molar-refractivity contribution in [1.29, 1.82) is 0 Å². The molecule has 92 valence electrons. The van der Waals surface area contributed by atoms with Crippen LogP contribution in [0.4, 0.5) is 0 Å². The molecular formula is C13H12BClO3. The van der Waals surface area contributed by atoms with E-state index < -0.39 is 7.32 Å². The Hall–Kier alpha value is -1.49. The molecular weight excluding hydrogens is 250 g/mol. The van der Waals surface area contributed by atoms with E-state index in [-0.39, 0.29) is 0 Å². The van der Waals surface area contributed by atoms with Gasteiger partial charge < -0.3 is 14.7 Å². The van der Waals surface area contributed by atoms with Gasteiger partial charge in [-0.3, -0.25) is 0 Å². The predicted octanol–water partition coefficient (Wildman–Crippen LogP) is 2.66. The number of hydrogen-bond acceptors (Lipinski definition) is 3. The molecule has 0 saturated carbocycles. The summed E-state index contributed by atoms with van der Waals surface area (Å²) in [7, 11) is -1.82. The van der Waals surface area contributed by atoms with Crippen molar-refractivity contribution in [2.24, 2.45) is 0 Å². The normalized spacial score (nSPS) is 10.2. The van der Waals surface area contributed by atoms with E-state index in [0.29, 0.717) is 10.8 Å². The van der Waals surface area contributed by atoms with Crippen LogP contribution < -0.4 is 4.65 Å². The van der Waals surface area contributed by atoms with Gasteiger partial charge in [-0.15, -0.1) is 0 Å². The zero-order valence-corrected chi connectivity index (χ0v) is 10.6. The molecule has 0 spiro atoms. The number of rotatable bonds is 3. The zero-order valence-electron chi connectivity index (χ0n) is 9.80. The maximum absolute atomic E-state index is 8.84. The van der Waals surface area contributed by atoms with E-state index in [4.69, 9.17) is 26.3 Å². The highest BCUT2D eigenvalue weighted by Gasteiger charge is 2.13. The summed E-state index contributed by atoms with van der Waals surface area (Å²) in [5.41, 5.74) is 2.74. The lowest BCUT2D eigenvalue weighted by molar-refractivity contribution is 0.287. The van der Waals surface area contributed by atoms with Gasteiger partial charge >= 0.3 is 7.32 Å². The first-order valence-corrected chi connectivity index (χ1v) is 5.83. The van der Waals surface area contributed by atoms with Gasteiger partial charge in [0.15, 0.2) is 0 Å². The molecule has 0 bridgehead atoms. The summed E-state index contributed by atoms with van der Waals surface area (Å²) in [6, 6.07) is 13.0. The molecule has 0 aliphatic heterocycles. The highest BCUT2D eigenvalue weighted by molar-refractivity contribution is 6.33. The average Bonchev–Trinajstić information content (AvgIpc) is 2.32. The topological polar surface area (TPSA) is 49.7 Å². The fraction of sp³-hybridized carbons (Fsp3) is 0.0769. The SMILES string of the molecule is Cc1ccc(-c2ccc(Cl)cc2)cc1OB(O)O. The molecule has 2 rings (SSSR count). The van der Waals surface area contributed by atoms with Gasteiger partial charge in [-0.2, -0.15) is 0 Å². The number of benzene rings is 2. The molecule has 0 radical (unpaired) electrons. The minimum absolute atomic E-state index is 0.442. The van der Waals surface area contributed by atoms with Gasteiger partial charge in [0.2, 0.25) is 0 Å². The lowest BCUT2D eigenvalue weighted by Crippen LogP contribution is -2.21. The Morgan fingerprint density at radius 2 is 1.61 bits per heavy atom. The fourth-order valence-corrected chi connectivity index (χ4v) is 1.79. The third-order valence-corrected chi connectivity index (χ3v) is 2.85. The zero-order chi connectivity index (χ0) is 13.1. The fourth-order valence-electron chi connectivity index (χ4n) is 1.66. The van der Waals surface area contributed by atoms with E-state index in [9.17, 15) is 0 Å². The van der Waals surface area contributed by atoms with Gasteiger partial charge in [-0.1, -0.05) is 35.9 Å². The first-order valence-electron chi connectivity index (χ1n) is 5.45. The molecule has 0 heterocycles. The molecule has 3 nitrogen and oxygen atoms in total. The molecule has 0 aliphatic rings. The Kier molecular flexibility index (Phi) is 3.92. The Morgan fingerprint density at radius 1 is 1.00 bits per heavy atom. The molecule has 0 fully saturated rings. The van der Waals surface area contributed by atoms with Gasteiger partial charge in [-0.05, 0) is 41.8 Å². The van der Waals surface area contributed by atoms with Crippen LogP contribution in [0.2, 0.25) is 5.02 Å². The first-order chi connectivity index (χ1) is 8.56. The predicted molar refractivity (Wildman–Crippen MR) is 72.4 cm³/mol. The summed E-state index contributed by atoms with van der Waals surface area (Å²) in [5.74, 6) is 0.442. The summed E-state index contributed by atoms with van der Waals surface area (Å²) in [4.78, 5) is 0. The van der Waals surface area contributed by atoms with Crippen molar-refractivity contribution >= 4 is 18.9 Å². The van der Waals surface area contributed by atoms with Crippen LogP contribution in [0.3, 0.4) is 0 Å². The minimum Gasteiger partial charge on any atom is -0.512 e. The van der Waals surface area contributed by atoms with Gasteiger partial charge in [0.05, 0.1) is 0 Å². The largest absolute Gasteiger partial charge is 0.707 e. The second-order valence-corrected chi connectivity index (χ2v) is 4.37. The van der Waals surface area contributed by atoms with Gasteiger partial charge in [0.25, 0.3) is 0 Å². The van der Waals surface area contributed by atoms with E-state index in [1.807, 2.05) is 31.2 Å². The molecule has 0 saturated heterocycles. The van der Waals surface area contributed by atoms with Crippen molar-refractivity contribution in [3.63, 3.8) is 0 Å². The molecule has 0 aromatic heterocycles. The standard InChI is InChI=1S/C13H12BClO3/c1-9-2-3-11(8-13(9)18-14(16)17)10-4-6-12(15)7-5-10/h2-8,16-17H,1H3. The van der Waals surface area contributed by atoms with Crippen molar-refractivity contribution in [2.75, 3.05) is 0 Å². The van der Waals surface area contributed by atoms with Crippen molar-refractivity contribution in [1.82, 2.24) is 0 Å². The van der Waals surface area contributed by atoms with E-state index >= 15 is 0 Å². The summed E-state index contributed by atoms with van der Waals surface area (Å²) in [6.45, 7) is 1.84. The van der Waals surface area contributed by atoms with Gasteiger partial charge in [0.1, 0.15) is 5.75 Å². The summed E-state index contributed by atoms with van der Waals surface area (Å²) >= 11 is 5.83. The molecule has 2 N–H and O–H groups in total. The monoisotopic (exact) mass is 262 g/mol. The van der Waals surface area contributed by atoms with Crippen LogP contribution in [0.25, 0.3) is 11.1 Å². The Morgan fingerprint density at radius 3 is 2.22 bits per heavy atom. The van der Waals surface area contributed by atoms with Gasteiger partial charge in [-0.25, -0.2) is 0 Å². The second-order valence-electron chi connectivity index (χ2n) is 3.93. The third kappa shape index (κ3) is 3.04. The summed E-state index contributed by atoms with van der Waals surface area (Å²) < 4.78 is 4.92. The highest BCUT2D eigenvalue weighted by atomic mass is 35.5. The molecule has 0 aliphatic carbocycles. The van der Waals surface area contributed by atoms with Crippen LogP contribution in [-0.4, -0.2) is 17.4 Å². The Bertz CT molecular complexity index is 540. The smallest absolute Gasteiger partial charge is 0.512 e. The maximum atomic E-state index is 8.84. The van der Waals surface area contributed by atoms with E-state index in [1.54, 1.807) is 18.2 Å². The molecule has 0 atom stereocenters. The van der Waals surface area contributed by atoms with Crippen molar-refractivity contribution in [3.05, 3.63) is 53.1 Å². The van der Waals surface area contributed by atoms with Crippen molar-refractivity contribution < 1.29 is 14.7 Å². The van der Waals surface area contributed by atoms with E-state index in [1.165, 1.54) is 0 Å². The molecule has 5 heteroatoms. The van der Waals surface area contributed by atoms with Gasteiger partial charge in [0, 0.05) is 5.02 Å². The number of hydrogen-bond donors (Lipinski definition) is 2. The summed E-state index contributed by atoms with van der Waals surface area (Å²) in [5, 5.41) is 18.4. The molecule has 2 aromatic carbocycles. The highest BCUT2D eigenvalue weighted by Crippen LogP contribution is 2.27. The average molecular weight is 263 g/mol. The minimum atomic E-state index is -1.82. The lowest BCUT2D eigenvalue weighted by Gasteiger charge is -2.10. The third-order valence-electron chi connectivity index (χ3n) is 2.60. The number of aryl methyl sites for hydroxylation is 1. The van der Waals surface area contributed by atoms with Crippen LogP contribution in [0, 0.1) is 6.92 Å². The quantitative estimate of drug-likeness (QED) is 0.836. The van der Waals surface area contributed by atoms with Crippen LogP contribution in [0.15, 0.2) is 42.5 Å². The van der Waals surface area contributed by atoms with Crippen LogP contribution >= 0.6 is 11.6 Å². The van der Waals surface area contributed by atoms with Crippen LogP contribution in [-0.2, 0) is 0 Å². The summed E-state index contributed by atoms with van der Waals surface area (Å²) in [6.07, 6.45) is 0. The number of halogens is 1. The van der Waals surface area contributed by atoms with Crippen LogP contribution in [0.5, 0.6) is 5.75 Å². The van der Waals surface area contributed by atoms with Crippen LogP contribution in [0.1, 0.15) is 5.56 Å². The van der Waals surface area contributed by atoms with E-state index in [2.05, 4.69) is 0 Å².